The van der Waals surface area contributed by atoms with Crippen molar-refractivity contribution in [2.45, 2.75) is 24.2 Å². The predicted molar refractivity (Wildman–Crippen MR) is 103 cm³/mol. The quantitative estimate of drug-likeness (QED) is 0.518. The van der Waals surface area contributed by atoms with Gasteiger partial charge in [-0.3, -0.25) is 0 Å². The highest BCUT2D eigenvalue weighted by Crippen LogP contribution is 2.33. The lowest BCUT2D eigenvalue weighted by Crippen LogP contribution is -2.18. The van der Waals surface area contributed by atoms with Crippen molar-refractivity contribution in [3.63, 3.8) is 0 Å². The summed E-state index contributed by atoms with van der Waals surface area (Å²) < 4.78 is 90.1. The Morgan fingerprint density at radius 3 is 2.29 bits per heavy atom. The second kappa shape index (κ2) is 8.08. The van der Waals surface area contributed by atoms with Gasteiger partial charge in [0.15, 0.2) is 26.4 Å². The van der Waals surface area contributed by atoms with Crippen LogP contribution in [0.3, 0.4) is 0 Å². The first-order valence-corrected chi connectivity index (χ1v) is 10.8. The highest BCUT2D eigenvalue weighted by molar-refractivity contribution is 7.90. The maximum Gasteiger partial charge on any atom is 0.436 e. The third-order valence-corrected chi connectivity index (χ3v) is 5.56. The SMILES string of the molecule is Cc1[nH]c(C(Nc2ccc(F)c(C(F)(F)F)n2)c2ccc(F)c(Cl)c2)nc1S(C)(=O)=O. The standard InChI is InChI=1S/C18H14ClF5N4O2S/c1-8-17(31(2,29)30)28-16(25-8)14(9-3-4-11(20)10(19)7-9)26-13-6-5-12(21)15(27-13)18(22,23)24/h3-7,14H,1-2H3,(H,25,28)(H,26,27). The second-order valence-electron chi connectivity index (χ2n) is 6.60. The lowest BCUT2D eigenvalue weighted by atomic mass is 10.1. The molecule has 1 atom stereocenters. The number of alkyl halides is 3. The van der Waals surface area contributed by atoms with E-state index in [0.29, 0.717) is 6.07 Å². The third-order valence-electron chi connectivity index (χ3n) is 4.17. The van der Waals surface area contributed by atoms with Gasteiger partial charge in [-0.25, -0.2) is 27.2 Å². The van der Waals surface area contributed by atoms with Crippen molar-refractivity contribution in [1.82, 2.24) is 15.0 Å². The number of benzene rings is 1. The normalized spacial score (nSPS) is 13.3. The summed E-state index contributed by atoms with van der Waals surface area (Å²) in [7, 11) is -3.72. The van der Waals surface area contributed by atoms with Crippen LogP contribution in [-0.2, 0) is 16.0 Å². The molecule has 0 aliphatic rings. The fourth-order valence-electron chi connectivity index (χ4n) is 2.84. The summed E-state index contributed by atoms with van der Waals surface area (Å²) in [5, 5.41) is 2.09. The molecule has 2 heterocycles. The van der Waals surface area contributed by atoms with Crippen LogP contribution >= 0.6 is 11.6 Å². The minimum Gasteiger partial charge on any atom is -0.356 e. The number of nitrogens with zero attached hydrogens (tertiary/aromatic N) is 2. The molecule has 31 heavy (non-hydrogen) atoms. The van der Waals surface area contributed by atoms with Crippen LogP contribution in [0.1, 0.15) is 28.8 Å². The van der Waals surface area contributed by atoms with Crippen molar-refractivity contribution in [1.29, 1.82) is 0 Å². The fraction of sp³-hybridized carbons (Fsp3) is 0.222. The van der Waals surface area contributed by atoms with Crippen LogP contribution in [0.2, 0.25) is 5.02 Å². The maximum absolute atomic E-state index is 13.6. The molecule has 3 aromatic rings. The number of sulfone groups is 1. The number of H-pyrrole nitrogens is 1. The number of aryl methyl sites for hydroxylation is 1. The van der Waals surface area contributed by atoms with E-state index >= 15 is 0 Å². The van der Waals surface area contributed by atoms with Crippen LogP contribution in [-0.4, -0.2) is 29.6 Å². The van der Waals surface area contributed by atoms with Gasteiger partial charge in [0.1, 0.15) is 23.5 Å². The molecule has 0 spiro atoms. The van der Waals surface area contributed by atoms with Crippen molar-refractivity contribution >= 4 is 27.3 Å². The molecule has 0 amide bonds. The first-order valence-electron chi connectivity index (χ1n) is 8.49. The smallest absolute Gasteiger partial charge is 0.356 e. The molecule has 166 valence electrons. The van der Waals surface area contributed by atoms with Crippen LogP contribution in [0.5, 0.6) is 0 Å². The molecule has 0 saturated heterocycles. The number of nitrogens with one attached hydrogen (secondary N) is 2. The number of rotatable bonds is 5. The van der Waals surface area contributed by atoms with E-state index in [1.54, 1.807) is 0 Å². The average molecular weight is 481 g/mol. The Bertz CT molecular complexity index is 1240. The Morgan fingerprint density at radius 2 is 1.74 bits per heavy atom. The minimum absolute atomic E-state index is 0.0136. The van der Waals surface area contributed by atoms with Crippen molar-refractivity contribution in [3.05, 3.63) is 69.8 Å². The average Bonchev–Trinajstić information content (AvgIpc) is 3.04. The van der Waals surface area contributed by atoms with E-state index in [2.05, 4.69) is 20.3 Å². The molecular weight excluding hydrogens is 467 g/mol. The summed E-state index contributed by atoms with van der Waals surface area (Å²) in [6.07, 6.45) is -4.10. The molecule has 13 heteroatoms. The summed E-state index contributed by atoms with van der Waals surface area (Å²) in [6, 6.07) is 3.94. The molecule has 1 aromatic carbocycles. The number of aromatic nitrogens is 3. The number of aromatic amines is 1. The first kappa shape index (κ1) is 22.9. The molecule has 0 aliphatic carbocycles. The van der Waals surface area contributed by atoms with Gasteiger partial charge in [-0.2, -0.15) is 13.2 Å². The van der Waals surface area contributed by atoms with Gasteiger partial charge in [0, 0.05) is 6.26 Å². The summed E-state index contributed by atoms with van der Waals surface area (Å²) in [4.78, 5) is 10.0. The highest BCUT2D eigenvalue weighted by Gasteiger charge is 2.36. The number of halogens is 6. The maximum atomic E-state index is 13.6. The Labute approximate surface area is 178 Å². The lowest BCUT2D eigenvalue weighted by Gasteiger charge is -2.19. The molecule has 3 rings (SSSR count). The zero-order valence-electron chi connectivity index (χ0n) is 15.9. The van der Waals surface area contributed by atoms with Gasteiger partial charge in [0.2, 0.25) is 0 Å². The Balaban J connectivity index is 2.13. The largest absolute Gasteiger partial charge is 0.436 e. The number of imidazole rings is 1. The van der Waals surface area contributed by atoms with E-state index in [1.165, 1.54) is 19.1 Å². The number of hydrogen-bond acceptors (Lipinski definition) is 5. The van der Waals surface area contributed by atoms with E-state index in [1.807, 2.05) is 0 Å². The topological polar surface area (TPSA) is 87.7 Å². The van der Waals surface area contributed by atoms with E-state index in [4.69, 9.17) is 11.6 Å². The molecule has 0 bridgehead atoms. The summed E-state index contributed by atoms with van der Waals surface area (Å²) >= 11 is 5.82. The third kappa shape index (κ3) is 4.96. The van der Waals surface area contributed by atoms with Crippen LogP contribution in [0, 0.1) is 18.6 Å². The molecule has 0 aliphatic heterocycles. The van der Waals surface area contributed by atoms with Crippen molar-refractivity contribution < 1.29 is 30.4 Å². The van der Waals surface area contributed by atoms with Gasteiger partial charge in [-0.15, -0.1) is 0 Å². The van der Waals surface area contributed by atoms with E-state index in [-0.39, 0.29) is 32.9 Å². The van der Waals surface area contributed by atoms with Gasteiger partial charge in [-0.05, 0) is 36.8 Å². The summed E-state index contributed by atoms with van der Waals surface area (Å²) in [5.74, 6) is -2.70. The molecule has 0 fully saturated rings. The van der Waals surface area contributed by atoms with Gasteiger partial charge in [0.05, 0.1) is 10.7 Å². The number of anilines is 1. The predicted octanol–water partition coefficient (Wildman–Crippen LogP) is 4.67. The zero-order valence-corrected chi connectivity index (χ0v) is 17.4. The Hall–Kier alpha value is -2.73. The van der Waals surface area contributed by atoms with Crippen LogP contribution in [0.4, 0.5) is 27.8 Å². The molecule has 0 radical (unpaired) electrons. The van der Waals surface area contributed by atoms with E-state index in [9.17, 15) is 30.4 Å². The zero-order chi connectivity index (χ0) is 23.1. The van der Waals surface area contributed by atoms with Gasteiger partial charge < -0.3 is 10.3 Å². The van der Waals surface area contributed by atoms with Gasteiger partial charge in [-0.1, -0.05) is 17.7 Å². The first-order chi connectivity index (χ1) is 14.3. The van der Waals surface area contributed by atoms with Crippen molar-refractivity contribution in [2.75, 3.05) is 11.6 Å². The van der Waals surface area contributed by atoms with Crippen molar-refractivity contribution in [2.24, 2.45) is 0 Å². The molecule has 6 nitrogen and oxygen atoms in total. The number of hydrogen-bond donors (Lipinski definition) is 2. The van der Waals surface area contributed by atoms with Crippen LogP contribution in [0.15, 0.2) is 35.4 Å². The Morgan fingerprint density at radius 1 is 1.10 bits per heavy atom. The summed E-state index contributed by atoms with van der Waals surface area (Å²) in [6.45, 7) is 1.44. The molecule has 0 saturated carbocycles. The molecule has 2 aromatic heterocycles. The fourth-order valence-corrected chi connectivity index (χ4v) is 3.90. The molecular formula is C18H14ClF5N4O2S. The van der Waals surface area contributed by atoms with Crippen LogP contribution < -0.4 is 5.32 Å². The van der Waals surface area contributed by atoms with Gasteiger partial charge in [0.25, 0.3) is 0 Å². The minimum atomic E-state index is -5.04. The monoisotopic (exact) mass is 480 g/mol. The van der Waals surface area contributed by atoms with E-state index < -0.39 is 39.4 Å². The number of pyridine rings is 1. The molecule has 1 unspecified atom stereocenters. The molecule has 2 N–H and O–H groups in total. The summed E-state index contributed by atoms with van der Waals surface area (Å²) in [5.41, 5.74) is -1.32. The second-order valence-corrected chi connectivity index (χ2v) is 8.94. The van der Waals surface area contributed by atoms with Gasteiger partial charge >= 0.3 is 6.18 Å². The van der Waals surface area contributed by atoms with E-state index in [0.717, 1.165) is 18.4 Å². The highest BCUT2D eigenvalue weighted by atomic mass is 35.5. The lowest BCUT2D eigenvalue weighted by molar-refractivity contribution is -0.143. The van der Waals surface area contributed by atoms with Crippen LogP contribution in [0.25, 0.3) is 0 Å². The van der Waals surface area contributed by atoms with Crippen molar-refractivity contribution in [3.8, 4) is 0 Å². The Kier molecular flexibility index (Phi) is 5.98.